The molecule has 96 valence electrons. The van der Waals surface area contributed by atoms with Gasteiger partial charge in [0.05, 0.1) is 0 Å². The van der Waals surface area contributed by atoms with Gasteiger partial charge < -0.3 is 11.1 Å². The summed E-state index contributed by atoms with van der Waals surface area (Å²) in [6.45, 7) is 6.92. The van der Waals surface area contributed by atoms with E-state index in [-0.39, 0.29) is 0 Å². The molecular weight excluding hydrogens is 196 g/mol. The van der Waals surface area contributed by atoms with E-state index in [0.29, 0.717) is 6.04 Å². The third-order valence-electron chi connectivity index (χ3n) is 4.10. The molecule has 2 heteroatoms. The molecule has 0 saturated heterocycles. The fourth-order valence-corrected chi connectivity index (χ4v) is 2.74. The molecule has 0 radical (unpaired) electrons. The lowest BCUT2D eigenvalue weighted by Gasteiger charge is -2.19. The van der Waals surface area contributed by atoms with Crippen LogP contribution in [0.4, 0.5) is 0 Å². The SMILES string of the molecule is CCCCC(CC)CNCC1CCCC1N. The van der Waals surface area contributed by atoms with Gasteiger partial charge in [-0.2, -0.15) is 0 Å². The van der Waals surface area contributed by atoms with E-state index in [4.69, 9.17) is 5.73 Å². The van der Waals surface area contributed by atoms with E-state index in [0.717, 1.165) is 18.4 Å². The number of nitrogens with one attached hydrogen (secondary N) is 1. The van der Waals surface area contributed by atoms with Crippen molar-refractivity contribution in [3.63, 3.8) is 0 Å². The van der Waals surface area contributed by atoms with Gasteiger partial charge in [0.25, 0.3) is 0 Å². The van der Waals surface area contributed by atoms with Crippen molar-refractivity contribution < 1.29 is 0 Å². The largest absolute Gasteiger partial charge is 0.327 e. The van der Waals surface area contributed by atoms with Crippen LogP contribution in [-0.2, 0) is 0 Å². The summed E-state index contributed by atoms with van der Waals surface area (Å²) in [6, 6.07) is 0.461. The highest BCUT2D eigenvalue weighted by atomic mass is 14.9. The molecule has 1 saturated carbocycles. The van der Waals surface area contributed by atoms with Crippen molar-refractivity contribution in [3.8, 4) is 0 Å². The van der Waals surface area contributed by atoms with Crippen molar-refractivity contribution in [2.75, 3.05) is 13.1 Å². The quantitative estimate of drug-likeness (QED) is 0.668. The average molecular weight is 226 g/mol. The normalized spacial score (nSPS) is 27.2. The molecule has 1 fully saturated rings. The average Bonchev–Trinajstić information content (AvgIpc) is 2.69. The van der Waals surface area contributed by atoms with Gasteiger partial charge in [-0.15, -0.1) is 0 Å². The molecule has 0 aliphatic heterocycles. The summed E-state index contributed by atoms with van der Waals surface area (Å²) in [5.41, 5.74) is 6.07. The minimum Gasteiger partial charge on any atom is -0.327 e. The Morgan fingerprint density at radius 2 is 2.12 bits per heavy atom. The Hall–Kier alpha value is -0.0800. The Labute approximate surface area is 101 Å². The monoisotopic (exact) mass is 226 g/mol. The standard InChI is InChI=1S/C14H30N2/c1-3-5-7-12(4-2)10-16-11-13-8-6-9-14(13)15/h12-14,16H,3-11,15H2,1-2H3. The molecule has 3 unspecified atom stereocenters. The lowest BCUT2D eigenvalue weighted by Crippen LogP contribution is -2.35. The molecule has 0 bridgehead atoms. The van der Waals surface area contributed by atoms with Crippen LogP contribution in [0.2, 0.25) is 0 Å². The summed E-state index contributed by atoms with van der Waals surface area (Å²) in [7, 11) is 0. The molecular formula is C14H30N2. The van der Waals surface area contributed by atoms with Crippen LogP contribution in [0.1, 0.15) is 58.8 Å². The molecule has 0 aromatic carbocycles. The topological polar surface area (TPSA) is 38.0 Å². The first kappa shape index (κ1) is 14.0. The highest BCUT2D eigenvalue weighted by Gasteiger charge is 2.23. The maximum Gasteiger partial charge on any atom is 0.00792 e. The molecule has 0 heterocycles. The molecule has 2 nitrogen and oxygen atoms in total. The predicted molar refractivity (Wildman–Crippen MR) is 71.5 cm³/mol. The zero-order valence-electron chi connectivity index (χ0n) is 11.2. The molecule has 0 spiro atoms. The van der Waals surface area contributed by atoms with Crippen molar-refractivity contribution in [2.24, 2.45) is 17.6 Å². The Morgan fingerprint density at radius 3 is 2.69 bits per heavy atom. The van der Waals surface area contributed by atoms with Crippen LogP contribution >= 0.6 is 0 Å². The van der Waals surface area contributed by atoms with Crippen LogP contribution < -0.4 is 11.1 Å². The van der Waals surface area contributed by atoms with Crippen LogP contribution in [0.5, 0.6) is 0 Å². The first-order valence-electron chi connectivity index (χ1n) is 7.24. The summed E-state index contributed by atoms with van der Waals surface area (Å²) < 4.78 is 0. The number of hydrogen-bond acceptors (Lipinski definition) is 2. The Bertz CT molecular complexity index is 170. The van der Waals surface area contributed by atoms with Crippen LogP contribution in [0, 0.1) is 11.8 Å². The highest BCUT2D eigenvalue weighted by Crippen LogP contribution is 2.23. The fourth-order valence-electron chi connectivity index (χ4n) is 2.74. The molecule has 3 atom stereocenters. The lowest BCUT2D eigenvalue weighted by atomic mass is 9.98. The zero-order chi connectivity index (χ0) is 11.8. The Balaban J connectivity index is 2.08. The van der Waals surface area contributed by atoms with E-state index >= 15 is 0 Å². The number of nitrogens with two attached hydrogens (primary N) is 1. The summed E-state index contributed by atoms with van der Waals surface area (Å²) >= 11 is 0. The van der Waals surface area contributed by atoms with Crippen molar-refractivity contribution in [3.05, 3.63) is 0 Å². The van der Waals surface area contributed by atoms with Crippen molar-refractivity contribution in [1.82, 2.24) is 5.32 Å². The molecule has 0 amide bonds. The minimum absolute atomic E-state index is 0.461. The second-order valence-corrected chi connectivity index (χ2v) is 5.43. The predicted octanol–water partition coefficient (Wildman–Crippen LogP) is 2.92. The van der Waals surface area contributed by atoms with Gasteiger partial charge in [-0.1, -0.05) is 39.5 Å². The minimum atomic E-state index is 0.461. The summed E-state index contributed by atoms with van der Waals surface area (Å²) in [5.74, 6) is 1.61. The van der Waals surface area contributed by atoms with Crippen molar-refractivity contribution in [2.45, 2.75) is 64.8 Å². The van der Waals surface area contributed by atoms with Gasteiger partial charge in [0.15, 0.2) is 0 Å². The highest BCUT2D eigenvalue weighted by molar-refractivity contribution is 4.81. The summed E-state index contributed by atoms with van der Waals surface area (Å²) in [5, 5.41) is 3.64. The maximum atomic E-state index is 6.07. The van der Waals surface area contributed by atoms with Gasteiger partial charge in [0.1, 0.15) is 0 Å². The first-order valence-corrected chi connectivity index (χ1v) is 7.24. The smallest absolute Gasteiger partial charge is 0.00792 e. The number of rotatable bonds is 8. The van der Waals surface area contributed by atoms with E-state index in [9.17, 15) is 0 Å². The van der Waals surface area contributed by atoms with Crippen LogP contribution in [0.3, 0.4) is 0 Å². The zero-order valence-corrected chi connectivity index (χ0v) is 11.2. The van der Waals surface area contributed by atoms with Gasteiger partial charge in [-0.25, -0.2) is 0 Å². The van der Waals surface area contributed by atoms with Gasteiger partial charge in [0, 0.05) is 6.04 Å². The van der Waals surface area contributed by atoms with Crippen molar-refractivity contribution in [1.29, 1.82) is 0 Å². The summed E-state index contributed by atoms with van der Waals surface area (Å²) in [4.78, 5) is 0. The summed E-state index contributed by atoms with van der Waals surface area (Å²) in [6.07, 6.45) is 9.30. The van der Waals surface area contributed by atoms with E-state index in [2.05, 4.69) is 19.2 Å². The molecule has 16 heavy (non-hydrogen) atoms. The van der Waals surface area contributed by atoms with Gasteiger partial charge in [-0.05, 0) is 44.2 Å². The lowest BCUT2D eigenvalue weighted by molar-refractivity contribution is 0.380. The number of hydrogen-bond donors (Lipinski definition) is 2. The van der Waals surface area contributed by atoms with Crippen LogP contribution in [0.25, 0.3) is 0 Å². The molecule has 0 aromatic heterocycles. The van der Waals surface area contributed by atoms with E-state index in [1.165, 1.54) is 51.5 Å². The Kier molecular flexibility index (Phi) is 7.06. The molecule has 1 aliphatic rings. The first-order chi connectivity index (χ1) is 7.77. The molecule has 1 aliphatic carbocycles. The van der Waals surface area contributed by atoms with Crippen LogP contribution in [-0.4, -0.2) is 19.1 Å². The van der Waals surface area contributed by atoms with E-state index < -0.39 is 0 Å². The Morgan fingerprint density at radius 1 is 1.31 bits per heavy atom. The second-order valence-electron chi connectivity index (χ2n) is 5.43. The molecule has 3 N–H and O–H groups in total. The molecule has 0 aromatic rings. The number of unbranched alkanes of at least 4 members (excludes halogenated alkanes) is 1. The van der Waals surface area contributed by atoms with Crippen molar-refractivity contribution >= 4 is 0 Å². The third kappa shape index (κ3) is 4.84. The van der Waals surface area contributed by atoms with Gasteiger partial charge in [0.2, 0.25) is 0 Å². The van der Waals surface area contributed by atoms with Gasteiger partial charge in [-0.3, -0.25) is 0 Å². The van der Waals surface area contributed by atoms with E-state index in [1.807, 2.05) is 0 Å². The maximum absolute atomic E-state index is 6.07. The van der Waals surface area contributed by atoms with Gasteiger partial charge >= 0.3 is 0 Å². The van der Waals surface area contributed by atoms with E-state index in [1.54, 1.807) is 0 Å². The second kappa shape index (κ2) is 8.08. The molecule has 1 rings (SSSR count). The fraction of sp³-hybridized carbons (Fsp3) is 1.00. The van der Waals surface area contributed by atoms with Crippen LogP contribution in [0.15, 0.2) is 0 Å². The third-order valence-corrected chi connectivity index (χ3v) is 4.10.